The largest absolute Gasteiger partial charge is 0.243 e. The molecule has 0 amide bonds. The van der Waals surface area contributed by atoms with Crippen molar-refractivity contribution in [3.05, 3.63) is 71.8 Å². The maximum absolute atomic E-state index is 5.66. The molecule has 3 nitrogen and oxygen atoms in total. The second-order valence-corrected chi connectivity index (χ2v) is 11.9. The summed E-state index contributed by atoms with van der Waals surface area (Å²) in [5.74, 6) is 0. The van der Waals surface area contributed by atoms with E-state index in [0.717, 1.165) is 16.8 Å². The van der Waals surface area contributed by atoms with Crippen molar-refractivity contribution in [1.29, 1.82) is 0 Å². The van der Waals surface area contributed by atoms with Crippen LogP contribution in [0.15, 0.2) is 65.4 Å². The Morgan fingerprint density at radius 3 is 1.39 bits per heavy atom. The van der Waals surface area contributed by atoms with Crippen molar-refractivity contribution in [2.24, 2.45) is 4.76 Å². The SMILES string of the molecule is CC(C)N(C(C)C)P1(N(C(C)C)C(C)C)=C=C(c2ccccc2)C(c2ccccc2)=N1. The first-order valence-electron chi connectivity index (χ1n) is 11.5. The average molecular weight is 436 g/mol. The summed E-state index contributed by atoms with van der Waals surface area (Å²) in [6, 6.07) is 22.7. The number of allylic oxidation sites excluding steroid dienone is 1. The molecule has 0 N–H and O–H groups in total. The predicted molar refractivity (Wildman–Crippen MR) is 139 cm³/mol. The van der Waals surface area contributed by atoms with Crippen LogP contribution < -0.4 is 0 Å². The smallest absolute Gasteiger partial charge is 0.169 e. The molecular formula is C27H38N3P. The van der Waals surface area contributed by atoms with Gasteiger partial charge in [-0.2, -0.15) is 0 Å². The highest BCUT2D eigenvalue weighted by molar-refractivity contribution is 7.70. The van der Waals surface area contributed by atoms with Gasteiger partial charge in [-0.3, -0.25) is 0 Å². The predicted octanol–water partition coefficient (Wildman–Crippen LogP) is 6.97. The van der Waals surface area contributed by atoms with Gasteiger partial charge in [0.2, 0.25) is 0 Å². The minimum Gasteiger partial charge on any atom is -0.243 e. The Balaban J connectivity index is 2.45. The molecule has 166 valence electrons. The van der Waals surface area contributed by atoms with E-state index in [4.69, 9.17) is 4.76 Å². The highest BCUT2D eigenvalue weighted by Crippen LogP contribution is 2.62. The van der Waals surface area contributed by atoms with Gasteiger partial charge in [0.25, 0.3) is 0 Å². The van der Waals surface area contributed by atoms with Crippen molar-refractivity contribution in [2.45, 2.75) is 79.6 Å². The highest BCUT2D eigenvalue weighted by Gasteiger charge is 2.42. The summed E-state index contributed by atoms with van der Waals surface area (Å²) in [7, 11) is -2.27. The average Bonchev–Trinajstić information content (AvgIpc) is 3.08. The molecule has 4 heteroatoms. The van der Waals surface area contributed by atoms with E-state index in [-0.39, 0.29) is 0 Å². The molecule has 0 aromatic heterocycles. The molecule has 2 aromatic carbocycles. The van der Waals surface area contributed by atoms with E-state index in [1.807, 2.05) is 0 Å². The van der Waals surface area contributed by atoms with Gasteiger partial charge in [-0.05, 0) is 61.0 Å². The number of hydrogen-bond donors (Lipinski definition) is 0. The number of rotatable bonds is 8. The van der Waals surface area contributed by atoms with Crippen molar-refractivity contribution < 1.29 is 0 Å². The second kappa shape index (κ2) is 9.72. The Bertz CT molecular complexity index is 957. The lowest BCUT2D eigenvalue weighted by atomic mass is 9.98. The standard InChI is InChI=1S/C27H38N3P/c1-20(2)29(21(3)4)31(30(22(5)6)23(7)8)19-26(24-15-11-9-12-16-24)27(28-31)25-17-13-10-14-18-25/h9-18,20-23H,1-8H3. The quantitative estimate of drug-likeness (QED) is 0.417. The minimum absolute atomic E-state index is 0.358. The molecule has 1 aliphatic rings. The van der Waals surface area contributed by atoms with Crippen LogP contribution in [0, 0.1) is 0 Å². The van der Waals surface area contributed by atoms with E-state index in [0.29, 0.717) is 24.2 Å². The first kappa shape index (κ1) is 23.8. The van der Waals surface area contributed by atoms with Crippen LogP contribution in [-0.2, 0) is 0 Å². The third-order valence-corrected chi connectivity index (χ3v) is 9.75. The van der Waals surface area contributed by atoms with Crippen molar-refractivity contribution in [1.82, 2.24) is 9.34 Å². The Hall–Kier alpha value is -1.89. The van der Waals surface area contributed by atoms with E-state index in [1.54, 1.807) is 0 Å². The Morgan fingerprint density at radius 2 is 1.00 bits per heavy atom. The topological polar surface area (TPSA) is 18.8 Å². The summed E-state index contributed by atoms with van der Waals surface area (Å²) in [4.78, 5) is 0. The maximum Gasteiger partial charge on any atom is 0.169 e. The van der Waals surface area contributed by atoms with Crippen LogP contribution in [0.1, 0.15) is 66.5 Å². The third kappa shape index (κ3) is 4.66. The van der Waals surface area contributed by atoms with Crippen LogP contribution in [-0.4, -0.2) is 44.7 Å². The highest BCUT2D eigenvalue weighted by atomic mass is 31.2. The molecule has 0 saturated heterocycles. The van der Waals surface area contributed by atoms with Crippen LogP contribution >= 0.6 is 7.34 Å². The van der Waals surface area contributed by atoms with Gasteiger partial charge in [0.1, 0.15) is 0 Å². The third-order valence-electron chi connectivity index (χ3n) is 5.61. The number of nitrogens with zero attached hydrogens (tertiary/aromatic N) is 3. The molecule has 0 radical (unpaired) electrons. The van der Waals surface area contributed by atoms with E-state index in [9.17, 15) is 0 Å². The lowest BCUT2D eigenvalue weighted by molar-refractivity contribution is 0.254. The molecule has 0 spiro atoms. The first-order chi connectivity index (χ1) is 14.7. The van der Waals surface area contributed by atoms with E-state index < -0.39 is 7.34 Å². The molecule has 1 aliphatic heterocycles. The Kier molecular flexibility index (Phi) is 7.45. The van der Waals surface area contributed by atoms with Gasteiger partial charge >= 0.3 is 0 Å². The summed E-state index contributed by atoms with van der Waals surface area (Å²) >= 11 is 0. The number of hydrogen-bond acceptors (Lipinski definition) is 3. The molecule has 0 fully saturated rings. The van der Waals surface area contributed by atoms with Gasteiger partial charge in [0.05, 0.1) is 11.3 Å². The zero-order chi connectivity index (χ0) is 22.8. The fourth-order valence-electron chi connectivity index (χ4n) is 4.84. The molecule has 0 aliphatic carbocycles. The molecule has 1 heterocycles. The lowest BCUT2D eigenvalue weighted by Gasteiger charge is -2.48. The molecule has 0 atom stereocenters. The molecule has 2 aromatic rings. The molecule has 0 unspecified atom stereocenters. The van der Waals surface area contributed by atoms with Gasteiger partial charge in [-0.15, -0.1) is 0 Å². The summed E-state index contributed by atoms with van der Waals surface area (Å²) in [6.45, 7) is 18.3. The Labute approximate surface area is 189 Å². The van der Waals surface area contributed by atoms with E-state index in [1.165, 1.54) is 5.56 Å². The van der Waals surface area contributed by atoms with Crippen LogP contribution in [0.2, 0.25) is 0 Å². The minimum atomic E-state index is -2.27. The van der Waals surface area contributed by atoms with Crippen molar-refractivity contribution in [2.75, 3.05) is 0 Å². The fourth-order valence-corrected chi connectivity index (χ4v) is 9.17. The van der Waals surface area contributed by atoms with Gasteiger partial charge in [0.15, 0.2) is 7.34 Å². The van der Waals surface area contributed by atoms with E-state index in [2.05, 4.69) is 131 Å². The van der Waals surface area contributed by atoms with Crippen LogP contribution in [0.5, 0.6) is 0 Å². The van der Waals surface area contributed by atoms with Gasteiger partial charge in [-0.25, -0.2) is 14.1 Å². The zero-order valence-electron chi connectivity index (χ0n) is 20.4. The molecule has 31 heavy (non-hydrogen) atoms. The van der Waals surface area contributed by atoms with E-state index >= 15 is 0 Å². The normalized spacial score (nSPS) is 15.9. The van der Waals surface area contributed by atoms with Gasteiger partial charge in [-0.1, -0.05) is 66.1 Å². The summed E-state index contributed by atoms with van der Waals surface area (Å²) < 4.78 is 10.9. The maximum atomic E-state index is 5.66. The molecular weight excluding hydrogens is 397 g/mol. The van der Waals surface area contributed by atoms with Crippen LogP contribution in [0.4, 0.5) is 0 Å². The van der Waals surface area contributed by atoms with Crippen molar-refractivity contribution in [3.63, 3.8) is 0 Å². The summed E-state index contributed by atoms with van der Waals surface area (Å²) in [5, 5.41) is 0. The zero-order valence-corrected chi connectivity index (χ0v) is 21.3. The van der Waals surface area contributed by atoms with Crippen LogP contribution in [0.3, 0.4) is 0 Å². The second-order valence-electron chi connectivity index (χ2n) is 9.37. The van der Waals surface area contributed by atoms with Crippen molar-refractivity contribution in [3.8, 4) is 0 Å². The molecule has 3 rings (SSSR count). The Morgan fingerprint density at radius 1 is 0.613 bits per heavy atom. The lowest BCUT2D eigenvalue weighted by Crippen LogP contribution is -2.44. The first-order valence-corrected chi connectivity index (χ1v) is 13.2. The van der Waals surface area contributed by atoms with Gasteiger partial charge in [0, 0.05) is 29.7 Å². The summed E-state index contributed by atoms with van der Waals surface area (Å²) in [6.07, 6.45) is 0. The monoisotopic (exact) mass is 435 g/mol. The molecule has 0 bridgehead atoms. The molecule has 0 saturated carbocycles. The van der Waals surface area contributed by atoms with Crippen molar-refractivity contribution >= 4 is 24.1 Å². The fraction of sp³-hybridized carbons (Fsp3) is 0.444. The summed E-state index contributed by atoms with van der Waals surface area (Å²) in [5.41, 5.74) is 8.62. The van der Waals surface area contributed by atoms with Crippen LogP contribution in [0.25, 0.3) is 5.57 Å². The number of benzene rings is 2. The van der Waals surface area contributed by atoms with Gasteiger partial charge < -0.3 is 0 Å².